The van der Waals surface area contributed by atoms with Crippen molar-refractivity contribution in [1.29, 1.82) is 0 Å². The standard InChI is InChI=1S/C14H15BrClN3/c1-8-9(2)18-14(13(16)17-8)19-10(3)11-4-6-12(15)7-5-11/h4-7,10H,1-3H3,(H,18,19). The summed E-state index contributed by atoms with van der Waals surface area (Å²) in [5, 5.41) is 3.70. The van der Waals surface area contributed by atoms with E-state index in [9.17, 15) is 0 Å². The third-order valence-corrected chi connectivity index (χ3v) is 3.78. The fourth-order valence-corrected chi connectivity index (χ4v) is 2.20. The van der Waals surface area contributed by atoms with Gasteiger partial charge in [-0.25, -0.2) is 9.97 Å². The maximum Gasteiger partial charge on any atom is 0.171 e. The van der Waals surface area contributed by atoms with Crippen LogP contribution in [0.15, 0.2) is 28.7 Å². The molecule has 1 heterocycles. The topological polar surface area (TPSA) is 37.8 Å². The SMILES string of the molecule is Cc1nc(Cl)c(NC(C)c2ccc(Br)cc2)nc1C. The summed E-state index contributed by atoms with van der Waals surface area (Å²) in [5.41, 5.74) is 2.90. The highest BCUT2D eigenvalue weighted by molar-refractivity contribution is 9.10. The summed E-state index contributed by atoms with van der Waals surface area (Å²) in [5.74, 6) is 0.625. The van der Waals surface area contributed by atoms with Crippen LogP contribution in [-0.4, -0.2) is 9.97 Å². The van der Waals surface area contributed by atoms with Crippen LogP contribution in [0.3, 0.4) is 0 Å². The van der Waals surface area contributed by atoms with Crippen molar-refractivity contribution in [3.8, 4) is 0 Å². The van der Waals surface area contributed by atoms with E-state index in [1.165, 1.54) is 5.56 Å². The summed E-state index contributed by atoms with van der Waals surface area (Å²) in [6.07, 6.45) is 0. The van der Waals surface area contributed by atoms with Crippen LogP contribution in [0.5, 0.6) is 0 Å². The van der Waals surface area contributed by atoms with Crippen LogP contribution >= 0.6 is 27.5 Å². The molecule has 0 saturated carbocycles. The maximum absolute atomic E-state index is 6.11. The first-order chi connectivity index (χ1) is 8.97. The van der Waals surface area contributed by atoms with Gasteiger partial charge in [-0.3, -0.25) is 0 Å². The molecule has 0 radical (unpaired) electrons. The number of aromatic nitrogens is 2. The van der Waals surface area contributed by atoms with Crippen LogP contribution in [-0.2, 0) is 0 Å². The zero-order valence-electron chi connectivity index (χ0n) is 11.0. The molecule has 2 rings (SSSR count). The molecule has 3 nitrogen and oxygen atoms in total. The van der Waals surface area contributed by atoms with Gasteiger partial charge in [-0.05, 0) is 38.5 Å². The zero-order chi connectivity index (χ0) is 14.0. The van der Waals surface area contributed by atoms with Crippen molar-refractivity contribution in [2.45, 2.75) is 26.8 Å². The molecule has 19 heavy (non-hydrogen) atoms. The smallest absolute Gasteiger partial charge is 0.171 e. The van der Waals surface area contributed by atoms with Crippen molar-refractivity contribution < 1.29 is 0 Å². The molecule has 2 aromatic rings. The second kappa shape index (κ2) is 5.88. The number of rotatable bonds is 3. The van der Waals surface area contributed by atoms with E-state index in [0.717, 1.165) is 15.9 Å². The van der Waals surface area contributed by atoms with Crippen LogP contribution < -0.4 is 5.32 Å². The number of halogens is 2. The molecule has 0 aliphatic carbocycles. The number of aryl methyl sites for hydroxylation is 2. The Balaban J connectivity index is 2.21. The molecule has 1 aromatic carbocycles. The Morgan fingerprint density at radius 2 is 1.68 bits per heavy atom. The molecule has 1 N–H and O–H groups in total. The number of nitrogens with one attached hydrogen (secondary N) is 1. The van der Waals surface area contributed by atoms with Gasteiger partial charge in [0.25, 0.3) is 0 Å². The molecule has 0 aliphatic heterocycles. The number of anilines is 1. The predicted molar refractivity (Wildman–Crippen MR) is 82.7 cm³/mol. The van der Waals surface area contributed by atoms with Gasteiger partial charge in [0.2, 0.25) is 0 Å². The molecule has 1 aromatic heterocycles. The third kappa shape index (κ3) is 3.45. The lowest BCUT2D eigenvalue weighted by Crippen LogP contribution is -2.10. The Kier molecular flexibility index (Phi) is 4.42. The van der Waals surface area contributed by atoms with E-state index in [1.807, 2.05) is 26.0 Å². The molecule has 100 valence electrons. The van der Waals surface area contributed by atoms with E-state index in [0.29, 0.717) is 11.0 Å². The second-order valence-corrected chi connectivity index (χ2v) is 5.73. The summed E-state index contributed by atoms with van der Waals surface area (Å²) in [6.45, 7) is 5.89. The number of nitrogens with zero attached hydrogens (tertiary/aromatic N) is 2. The van der Waals surface area contributed by atoms with Crippen LogP contribution in [0.4, 0.5) is 5.82 Å². The minimum atomic E-state index is 0.113. The van der Waals surface area contributed by atoms with Gasteiger partial charge in [0.1, 0.15) is 0 Å². The van der Waals surface area contributed by atoms with Crippen molar-refractivity contribution in [2.24, 2.45) is 0 Å². The van der Waals surface area contributed by atoms with Crippen LogP contribution in [0, 0.1) is 13.8 Å². The van der Waals surface area contributed by atoms with E-state index >= 15 is 0 Å². The van der Waals surface area contributed by atoms with Gasteiger partial charge in [0.15, 0.2) is 11.0 Å². The molecule has 0 aliphatic rings. The normalized spacial score (nSPS) is 12.3. The molecule has 1 unspecified atom stereocenters. The Labute approximate surface area is 126 Å². The van der Waals surface area contributed by atoms with Gasteiger partial charge in [-0.1, -0.05) is 39.7 Å². The fourth-order valence-electron chi connectivity index (χ4n) is 1.71. The summed E-state index contributed by atoms with van der Waals surface area (Å²) in [6, 6.07) is 8.26. The molecule has 0 bridgehead atoms. The van der Waals surface area contributed by atoms with E-state index in [1.54, 1.807) is 0 Å². The van der Waals surface area contributed by atoms with E-state index in [4.69, 9.17) is 11.6 Å². The van der Waals surface area contributed by atoms with Crippen molar-refractivity contribution in [1.82, 2.24) is 9.97 Å². The first-order valence-corrected chi connectivity index (χ1v) is 7.17. The van der Waals surface area contributed by atoms with Crippen LogP contribution in [0.25, 0.3) is 0 Å². The average molecular weight is 341 g/mol. The van der Waals surface area contributed by atoms with Gasteiger partial charge in [0.05, 0.1) is 17.4 Å². The van der Waals surface area contributed by atoms with Crippen LogP contribution in [0.1, 0.15) is 29.9 Å². The van der Waals surface area contributed by atoms with E-state index < -0.39 is 0 Å². The molecule has 0 spiro atoms. The number of hydrogen-bond donors (Lipinski definition) is 1. The van der Waals surface area contributed by atoms with Crippen molar-refractivity contribution in [3.05, 3.63) is 50.8 Å². The molecule has 1 atom stereocenters. The monoisotopic (exact) mass is 339 g/mol. The number of benzene rings is 1. The molecule has 0 amide bonds. The second-order valence-electron chi connectivity index (χ2n) is 4.45. The van der Waals surface area contributed by atoms with Gasteiger partial charge in [-0.15, -0.1) is 0 Å². The molecule has 0 fully saturated rings. The van der Waals surface area contributed by atoms with Crippen molar-refractivity contribution in [2.75, 3.05) is 5.32 Å². The zero-order valence-corrected chi connectivity index (χ0v) is 13.4. The van der Waals surface area contributed by atoms with Crippen LogP contribution in [0.2, 0.25) is 5.15 Å². The van der Waals surface area contributed by atoms with Gasteiger partial charge >= 0.3 is 0 Å². The van der Waals surface area contributed by atoms with Crippen molar-refractivity contribution >= 4 is 33.3 Å². The maximum atomic E-state index is 6.11. The highest BCUT2D eigenvalue weighted by atomic mass is 79.9. The lowest BCUT2D eigenvalue weighted by Gasteiger charge is -2.16. The quantitative estimate of drug-likeness (QED) is 0.881. The first-order valence-electron chi connectivity index (χ1n) is 6.00. The third-order valence-electron chi connectivity index (χ3n) is 2.99. The summed E-state index contributed by atoms with van der Waals surface area (Å²) in [7, 11) is 0. The predicted octanol–water partition coefficient (Wildman–Crippen LogP) is 4.68. The van der Waals surface area contributed by atoms with E-state index in [2.05, 4.69) is 50.3 Å². The summed E-state index contributed by atoms with van der Waals surface area (Å²) >= 11 is 9.54. The molecular formula is C14H15BrClN3. The largest absolute Gasteiger partial charge is 0.361 e. The molecule has 5 heteroatoms. The summed E-state index contributed by atoms with van der Waals surface area (Å²) < 4.78 is 1.06. The van der Waals surface area contributed by atoms with Gasteiger partial charge in [-0.2, -0.15) is 0 Å². The van der Waals surface area contributed by atoms with Gasteiger partial charge in [0, 0.05) is 4.47 Å². The Bertz CT molecular complexity index is 584. The Hall–Kier alpha value is -1.13. The van der Waals surface area contributed by atoms with Crippen molar-refractivity contribution in [3.63, 3.8) is 0 Å². The average Bonchev–Trinajstić information content (AvgIpc) is 2.36. The lowest BCUT2D eigenvalue weighted by molar-refractivity contribution is 0.865. The fraction of sp³-hybridized carbons (Fsp3) is 0.286. The Morgan fingerprint density at radius 1 is 1.11 bits per heavy atom. The minimum Gasteiger partial charge on any atom is -0.361 e. The molecule has 0 saturated heterocycles. The lowest BCUT2D eigenvalue weighted by atomic mass is 10.1. The first kappa shape index (κ1) is 14.3. The highest BCUT2D eigenvalue weighted by Crippen LogP contribution is 2.24. The van der Waals surface area contributed by atoms with E-state index in [-0.39, 0.29) is 6.04 Å². The summed E-state index contributed by atoms with van der Waals surface area (Å²) in [4.78, 5) is 8.71. The minimum absolute atomic E-state index is 0.113. The highest BCUT2D eigenvalue weighted by Gasteiger charge is 2.11. The molecular weight excluding hydrogens is 326 g/mol. The number of hydrogen-bond acceptors (Lipinski definition) is 3. The Morgan fingerprint density at radius 3 is 2.32 bits per heavy atom. The van der Waals surface area contributed by atoms with Gasteiger partial charge < -0.3 is 5.32 Å².